The monoisotopic (exact) mass is 371 g/mol. The SMILES string of the molecule is Cc1ccc2cc(C(F)(F)F)n(-c3cccc(C(F)(F)F)c3)c(=O)c2c1. The minimum absolute atomic E-state index is 0.00425. The van der Waals surface area contributed by atoms with E-state index in [1.165, 1.54) is 12.1 Å². The molecule has 8 heteroatoms. The molecule has 0 atom stereocenters. The number of fused-ring (bicyclic) bond motifs is 1. The minimum atomic E-state index is -4.92. The van der Waals surface area contributed by atoms with Gasteiger partial charge in [-0.15, -0.1) is 0 Å². The summed E-state index contributed by atoms with van der Waals surface area (Å²) in [6.07, 6.45) is -9.67. The van der Waals surface area contributed by atoms with Crippen LogP contribution in [0.3, 0.4) is 0 Å². The molecule has 0 aliphatic heterocycles. The molecule has 0 unspecified atom stereocenters. The normalized spacial score (nSPS) is 12.6. The summed E-state index contributed by atoms with van der Waals surface area (Å²) in [6, 6.07) is 8.34. The van der Waals surface area contributed by atoms with Gasteiger partial charge in [-0.1, -0.05) is 23.8 Å². The molecule has 3 aromatic rings. The van der Waals surface area contributed by atoms with Gasteiger partial charge in [-0.3, -0.25) is 9.36 Å². The van der Waals surface area contributed by atoms with E-state index in [1.807, 2.05) is 0 Å². The number of hydrogen-bond donors (Lipinski definition) is 0. The van der Waals surface area contributed by atoms with Crippen molar-refractivity contribution in [2.45, 2.75) is 19.3 Å². The zero-order chi connectivity index (χ0) is 19.3. The highest BCUT2D eigenvalue weighted by molar-refractivity contribution is 5.83. The third kappa shape index (κ3) is 3.18. The molecule has 0 aliphatic rings. The van der Waals surface area contributed by atoms with Crippen LogP contribution in [0.4, 0.5) is 26.3 Å². The number of nitrogens with zero attached hydrogens (tertiary/aromatic N) is 1. The van der Waals surface area contributed by atoms with Crippen LogP contribution in [0.25, 0.3) is 16.5 Å². The number of rotatable bonds is 1. The van der Waals surface area contributed by atoms with Gasteiger partial charge in [-0.2, -0.15) is 26.3 Å². The van der Waals surface area contributed by atoms with E-state index in [0.29, 0.717) is 11.6 Å². The van der Waals surface area contributed by atoms with Crippen LogP contribution in [0.5, 0.6) is 0 Å². The van der Waals surface area contributed by atoms with Crippen molar-refractivity contribution in [1.82, 2.24) is 4.57 Å². The third-order valence-corrected chi connectivity index (χ3v) is 3.90. The molecule has 0 fully saturated rings. The van der Waals surface area contributed by atoms with Gasteiger partial charge in [0.15, 0.2) is 0 Å². The molecule has 26 heavy (non-hydrogen) atoms. The quantitative estimate of drug-likeness (QED) is 0.530. The number of aromatic nitrogens is 1. The summed E-state index contributed by atoms with van der Waals surface area (Å²) in [7, 11) is 0. The van der Waals surface area contributed by atoms with Crippen molar-refractivity contribution < 1.29 is 26.3 Å². The van der Waals surface area contributed by atoms with E-state index >= 15 is 0 Å². The van der Waals surface area contributed by atoms with Gasteiger partial charge in [0, 0.05) is 11.1 Å². The van der Waals surface area contributed by atoms with Crippen LogP contribution in [-0.4, -0.2) is 4.57 Å². The fraction of sp³-hybridized carbons (Fsp3) is 0.167. The first-order valence-electron chi connectivity index (χ1n) is 7.40. The Balaban J connectivity index is 2.41. The van der Waals surface area contributed by atoms with E-state index in [-0.39, 0.29) is 15.3 Å². The molecule has 0 amide bonds. The Kier molecular flexibility index (Phi) is 4.09. The van der Waals surface area contributed by atoms with E-state index in [2.05, 4.69) is 0 Å². The number of alkyl halides is 6. The van der Waals surface area contributed by atoms with Crippen molar-refractivity contribution in [3.05, 3.63) is 75.7 Å². The number of aryl methyl sites for hydroxylation is 1. The van der Waals surface area contributed by atoms with Gasteiger partial charge < -0.3 is 0 Å². The summed E-state index contributed by atoms with van der Waals surface area (Å²) in [5, 5.41) is 0.0616. The van der Waals surface area contributed by atoms with Crippen molar-refractivity contribution in [1.29, 1.82) is 0 Å². The van der Waals surface area contributed by atoms with E-state index < -0.39 is 34.9 Å². The summed E-state index contributed by atoms with van der Waals surface area (Å²) in [6.45, 7) is 1.66. The summed E-state index contributed by atoms with van der Waals surface area (Å²) in [5.41, 5.74) is -3.36. The van der Waals surface area contributed by atoms with E-state index in [1.54, 1.807) is 13.0 Å². The zero-order valence-corrected chi connectivity index (χ0v) is 13.2. The number of halogens is 6. The molecule has 0 spiro atoms. The molecule has 136 valence electrons. The topological polar surface area (TPSA) is 22.0 Å². The van der Waals surface area contributed by atoms with Crippen LogP contribution < -0.4 is 5.56 Å². The van der Waals surface area contributed by atoms with Crippen LogP contribution in [0.2, 0.25) is 0 Å². The summed E-state index contributed by atoms with van der Waals surface area (Å²) >= 11 is 0. The second kappa shape index (κ2) is 5.89. The van der Waals surface area contributed by atoms with Gasteiger partial charge in [-0.05, 0) is 42.6 Å². The molecule has 0 saturated heterocycles. The molecule has 0 aliphatic carbocycles. The molecular formula is C18H11F6NO. The maximum Gasteiger partial charge on any atom is 0.431 e. The molecule has 1 aromatic heterocycles. The average molecular weight is 371 g/mol. The van der Waals surface area contributed by atoms with Gasteiger partial charge in [0.1, 0.15) is 5.69 Å². The number of hydrogen-bond acceptors (Lipinski definition) is 1. The Morgan fingerprint density at radius 2 is 1.54 bits per heavy atom. The third-order valence-electron chi connectivity index (χ3n) is 3.90. The second-order valence-electron chi connectivity index (χ2n) is 5.81. The lowest BCUT2D eigenvalue weighted by molar-refractivity contribution is -0.142. The predicted octanol–water partition coefficient (Wildman–Crippen LogP) is 5.34. The van der Waals surface area contributed by atoms with Crippen LogP contribution in [0.15, 0.2) is 53.3 Å². The number of pyridine rings is 1. The highest BCUT2D eigenvalue weighted by Crippen LogP contribution is 2.34. The largest absolute Gasteiger partial charge is 0.431 e. The highest BCUT2D eigenvalue weighted by Gasteiger charge is 2.36. The Morgan fingerprint density at radius 1 is 0.846 bits per heavy atom. The van der Waals surface area contributed by atoms with Crippen molar-refractivity contribution in [3.8, 4) is 5.69 Å². The van der Waals surface area contributed by atoms with Crippen molar-refractivity contribution >= 4 is 10.8 Å². The second-order valence-corrected chi connectivity index (χ2v) is 5.81. The van der Waals surface area contributed by atoms with Gasteiger partial charge >= 0.3 is 12.4 Å². The average Bonchev–Trinajstić information content (AvgIpc) is 2.53. The first-order chi connectivity index (χ1) is 12.0. The first kappa shape index (κ1) is 18.0. The molecular weight excluding hydrogens is 360 g/mol. The molecule has 0 bridgehead atoms. The standard InChI is InChI=1S/C18H11F6NO/c1-10-5-6-11-8-15(18(22,23)24)25(16(26)14(11)7-10)13-4-2-3-12(9-13)17(19,20)21/h2-9H,1H3. The van der Waals surface area contributed by atoms with Gasteiger partial charge in [0.05, 0.1) is 5.56 Å². The van der Waals surface area contributed by atoms with Crippen LogP contribution in [0.1, 0.15) is 16.8 Å². The van der Waals surface area contributed by atoms with Crippen molar-refractivity contribution in [2.75, 3.05) is 0 Å². The van der Waals surface area contributed by atoms with Crippen molar-refractivity contribution in [2.24, 2.45) is 0 Å². The minimum Gasteiger partial charge on any atom is -0.272 e. The van der Waals surface area contributed by atoms with Gasteiger partial charge in [0.25, 0.3) is 5.56 Å². The molecule has 0 saturated carbocycles. The molecule has 2 nitrogen and oxygen atoms in total. The van der Waals surface area contributed by atoms with E-state index in [0.717, 1.165) is 24.3 Å². The first-order valence-corrected chi connectivity index (χ1v) is 7.40. The van der Waals surface area contributed by atoms with Crippen LogP contribution >= 0.6 is 0 Å². The fourth-order valence-electron chi connectivity index (χ4n) is 2.71. The van der Waals surface area contributed by atoms with Crippen molar-refractivity contribution in [3.63, 3.8) is 0 Å². The summed E-state index contributed by atoms with van der Waals surface area (Å²) < 4.78 is 79.4. The lowest BCUT2D eigenvalue weighted by atomic mass is 10.1. The van der Waals surface area contributed by atoms with Crippen LogP contribution in [-0.2, 0) is 12.4 Å². The maximum absolute atomic E-state index is 13.5. The Bertz CT molecular complexity index is 1050. The summed E-state index contributed by atoms with van der Waals surface area (Å²) in [5.74, 6) is 0. The van der Waals surface area contributed by atoms with Gasteiger partial charge in [-0.25, -0.2) is 0 Å². The predicted molar refractivity (Wildman–Crippen MR) is 84.3 cm³/mol. The molecule has 0 radical (unpaired) electrons. The molecule has 2 aromatic carbocycles. The Hall–Kier alpha value is -2.77. The lowest BCUT2D eigenvalue weighted by Crippen LogP contribution is -2.27. The van der Waals surface area contributed by atoms with E-state index in [9.17, 15) is 31.1 Å². The summed E-state index contributed by atoms with van der Waals surface area (Å²) in [4.78, 5) is 12.7. The van der Waals surface area contributed by atoms with E-state index in [4.69, 9.17) is 0 Å². The van der Waals surface area contributed by atoms with Gasteiger partial charge in [0.2, 0.25) is 0 Å². The Labute approximate surface area is 143 Å². The molecule has 3 rings (SSSR count). The number of benzene rings is 2. The smallest absolute Gasteiger partial charge is 0.272 e. The zero-order valence-electron chi connectivity index (χ0n) is 13.2. The maximum atomic E-state index is 13.5. The lowest BCUT2D eigenvalue weighted by Gasteiger charge is -2.18. The Morgan fingerprint density at radius 3 is 2.15 bits per heavy atom. The van der Waals surface area contributed by atoms with Crippen LogP contribution in [0, 0.1) is 6.92 Å². The fourth-order valence-corrected chi connectivity index (χ4v) is 2.71. The molecule has 0 N–H and O–H groups in total. The molecule has 1 heterocycles. The highest BCUT2D eigenvalue weighted by atomic mass is 19.4.